The molecule has 0 aliphatic rings. The van der Waals surface area contributed by atoms with Gasteiger partial charge < -0.3 is 5.73 Å². The predicted octanol–water partition coefficient (Wildman–Crippen LogP) is 2.56. The second kappa shape index (κ2) is 5.97. The molecule has 0 spiro atoms. The van der Waals surface area contributed by atoms with Gasteiger partial charge >= 0.3 is 0 Å². The quantitative estimate of drug-likeness (QED) is 0.833. The Bertz CT molecular complexity index is 306. The molecule has 2 nitrogen and oxygen atoms in total. The maximum absolute atomic E-state index is 12.8. The van der Waals surface area contributed by atoms with E-state index in [0.717, 1.165) is 18.7 Å². The van der Waals surface area contributed by atoms with E-state index in [1.54, 1.807) is 12.1 Å². The normalized spacial score (nSPS) is 15.1. The number of rotatable bonds is 5. The number of halogens is 1. The van der Waals surface area contributed by atoms with Crippen molar-refractivity contribution in [2.24, 2.45) is 5.73 Å². The first-order valence-electron chi connectivity index (χ1n) is 5.85. The first kappa shape index (κ1) is 13.1. The van der Waals surface area contributed by atoms with Gasteiger partial charge in [-0.05, 0) is 37.7 Å². The monoisotopic (exact) mass is 224 g/mol. The van der Waals surface area contributed by atoms with Crippen molar-refractivity contribution in [2.75, 3.05) is 13.1 Å². The Labute approximate surface area is 97.3 Å². The second-order valence-electron chi connectivity index (χ2n) is 4.04. The molecule has 0 aliphatic carbocycles. The minimum absolute atomic E-state index is 0.0690. The van der Waals surface area contributed by atoms with Gasteiger partial charge in [0.05, 0.1) is 0 Å². The van der Waals surface area contributed by atoms with Gasteiger partial charge in [-0.25, -0.2) is 4.39 Å². The average Bonchev–Trinajstić information content (AvgIpc) is 2.30. The highest BCUT2D eigenvalue weighted by atomic mass is 19.1. The zero-order valence-electron chi connectivity index (χ0n) is 10.3. The summed E-state index contributed by atoms with van der Waals surface area (Å²) in [4.78, 5) is 2.30. The van der Waals surface area contributed by atoms with Crippen molar-refractivity contribution in [3.05, 3.63) is 35.6 Å². The molecule has 2 atom stereocenters. The number of likely N-dealkylation sites (N-methyl/N-ethyl adjacent to an activating group) is 1. The van der Waals surface area contributed by atoms with E-state index >= 15 is 0 Å². The number of nitrogens with zero attached hydrogens (tertiary/aromatic N) is 1. The summed E-state index contributed by atoms with van der Waals surface area (Å²) in [6.45, 7) is 8.31. The van der Waals surface area contributed by atoms with E-state index in [1.165, 1.54) is 12.1 Å². The van der Waals surface area contributed by atoms with Crippen molar-refractivity contribution >= 4 is 0 Å². The van der Waals surface area contributed by atoms with E-state index in [4.69, 9.17) is 5.73 Å². The molecule has 0 heterocycles. The van der Waals surface area contributed by atoms with Gasteiger partial charge in [-0.1, -0.05) is 26.0 Å². The zero-order valence-corrected chi connectivity index (χ0v) is 10.3. The van der Waals surface area contributed by atoms with Gasteiger partial charge in [0.15, 0.2) is 0 Å². The summed E-state index contributed by atoms with van der Waals surface area (Å²) in [6, 6.07) is 6.65. The average molecular weight is 224 g/mol. The lowest BCUT2D eigenvalue weighted by Gasteiger charge is -2.31. The van der Waals surface area contributed by atoms with Crippen LogP contribution in [0.3, 0.4) is 0 Å². The maximum atomic E-state index is 12.8. The van der Waals surface area contributed by atoms with Crippen molar-refractivity contribution in [2.45, 2.75) is 32.9 Å². The van der Waals surface area contributed by atoms with Crippen LogP contribution in [0.5, 0.6) is 0 Å². The Kier molecular flexibility index (Phi) is 4.90. The van der Waals surface area contributed by atoms with Crippen LogP contribution < -0.4 is 5.73 Å². The van der Waals surface area contributed by atoms with E-state index in [9.17, 15) is 4.39 Å². The Morgan fingerprint density at radius 2 is 1.69 bits per heavy atom. The molecule has 2 unspecified atom stereocenters. The first-order chi connectivity index (χ1) is 7.60. The molecular weight excluding hydrogens is 203 g/mol. The third-order valence-corrected chi connectivity index (χ3v) is 3.16. The van der Waals surface area contributed by atoms with E-state index < -0.39 is 0 Å². The van der Waals surface area contributed by atoms with Gasteiger partial charge in [0.25, 0.3) is 0 Å². The lowest BCUT2D eigenvalue weighted by molar-refractivity contribution is 0.203. The summed E-state index contributed by atoms with van der Waals surface area (Å²) in [5.74, 6) is -0.216. The lowest BCUT2D eigenvalue weighted by atomic mass is 10.00. The van der Waals surface area contributed by atoms with Crippen LogP contribution in [-0.2, 0) is 0 Å². The third-order valence-electron chi connectivity index (χ3n) is 3.16. The molecule has 0 amide bonds. The van der Waals surface area contributed by atoms with Crippen LogP contribution in [0.15, 0.2) is 24.3 Å². The van der Waals surface area contributed by atoms with Gasteiger partial charge in [-0.2, -0.15) is 0 Å². The van der Waals surface area contributed by atoms with Crippen molar-refractivity contribution in [3.8, 4) is 0 Å². The fourth-order valence-corrected chi connectivity index (χ4v) is 1.99. The smallest absolute Gasteiger partial charge is 0.123 e. The molecular formula is C13H21FN2. The van der Waals surface area contributed by atoms with Crippen LogP contribution in [0.1, 0.15) is 32.4 Å². The summed E-state index contributed by atoms with van der Waals surface area (Å²) < 4.78 is 12.8. The van der Waals surface area contributed by atoms with Gasteiger partial charge in [-0.3, -0.25) is 4.90 Å². The Hall–Kier alpha value is -0.930. The van der Waals surface area contributed by atoms with Crippen LogP contribution in [0, 0.1) is 5.82 Å². The first-order valence-corrected chi connectivity index (χ1v) is 5.85. The Morgan fingerprint density at radius 1 is 1.19 bits per heavy atom. The summed E-state index contributed by atoms with van der Waals surface area (Å²) in [7, 11) is 0. The molecule has 0 bridgehead atoms. The van der Waals surface area contributed by atoms with Gasteiger partial charge in [-0.15, -0.1) is 0 Å². The lowest BCUT2D eigenvalue weighted by Crippen LogP contribution is -2.40. The van der Waals surface area contributed by atoms with Crippen molar-refractivity contribution in [3.63, 3.8) is 0 Å². The second-order valence-corrected chi connectivity index (χ2v) is 4.04. The molecule has 1 aromatic rings. The molecule has 1 aromatic carbocycles. The molecule has 3 heteroatoms. The Morgan fingerprint density at radius 3 is 2.12 bits per heavy atom. The molecule has 90 valence electrons. The topological polar surface area (TPSA) is 29.3 Å². The third kappa shape index (κ3) is 3.03. The minimum atomic E-state index is -0.216. The van der Waals surface area contributed by atoms with E-state index in [0.29, 0.717) is 0 Å². The molecule has 2 N–H and O–H groups in total. The van der Waals surface area contributed by atoms with Gasteiger partial charge in [0, 0.05) is 12.1 Å². The van der Waals surface area contributed by atoms with Crippen molar-refractivity contribution < 1.29 is 4.39 Å². The predicted molar refractivity (Wildman–Crippen MR) is 65.7 cm³/mol. The molecule has 0 aliphatic heterocycles. The van der Waals surface area contributed by atoms with Gasteiger partial charge in [0.2, 0.25) is 0 Å². The molecule has 0 saturated carbocycles. The fraction of sp³-hybridized carbons (Fsp3) is 0.538. The highest BCUT2D eigenvalue weighted by molar-refractivity contribution is 5.20. The Balaban J connectivity index is 2.76. The maximum Gasteiger partial charge on any atom is 0.123 e. The van der Waals surface area contributed by atoms with Crippen molar-refractivity contribution in [1.29, 1.82) is 0 Å². The number of benzene rings is 1. The van der Waals surface area contributed by atoms with E-state index in [-0.39, 0.29) is 17.9 Å². The van der Waals surface area contributed by atoms with Crippen molar-refractivity contribution in [1.82, 2.24) is 4.90 Å². The number of hydrogen-bond acceptors (Lipinski definition) is 2. The summed E-state index contributed by atoms with van der Waals surface area (Å²) in [6.07, 6.45) is 0. The summed E-state index contributed by atoms with van der Waals surface area (Å²) in [5.41, 5.74) is 7.16. The number of hydrogen-bond donors (Lipinski definition) is 1. The minimum Gasteiger partial charge on any atom is -0.323 e. The highest BCUT2D eigenvalue weighted by Crippen LogP contribution is 2.18. The highest BCUT2D eigenvalue weighted by Gasteiger charge is 2.19. The zero-order chi connectivity index (χ0) is 12.1. The molecule has 0 radical (unpaired) electrons. The fourth-order valence-electron chi connectivity index (χ4n) is 1.99. The molecule has 0 saturated heterocycles. The molecule has 1 rings (SSSR count). The van der Waals surface area contributed by atoms with Crippen LogP contribution in [-0.4, -0.2) is 24.0 Å². The molecule has 0 fully saturated rings. The largest absolute Gasteiger partial charge is 0.323 e. The van der Waals surface area contributed by atoms with Crippen LogP contribution in [0.4, 0.5) is 4.39 Å². The van der Waals surface area contributed by atoms with E-state index in [1.807, 2.05) is 0 Å². The van der Waals surface area contributed by atoms with Crippen LogP contribution in [0.2, 0.25) is 0 Å². The number of nitrogens with two attached hydrogens (primary N) is 1. The summed E-state index contributed by atoms with van der Waals surface area (Å²) >= 11 is 0. The SMILES string of the molecule is CCN(CC)C(C)C(N)c1ccc(F)cc1. The standard InChI is InChI=1S/C13H21FN2/c1-4-16(5-2)10(3)13(15)11-6-8-12(14)9-7-11/h6-10,13H,4-5,15H2,1-3H3. The van der Waals surface area contributed by atoms with Gasteiger partial charge in [0.1, 0.15) is 5.82 Å². The molecule has 16 heavy (non-hydrogen) atoms. The molecule has 0 aromatic heterocycles. The van der Waals surface area contributed by atoms with Crippen LogP contribution in [0.25, 0.3) is 0 Å². The summed E-state index contributed by atoms with van der Waals surface area (Å²) in [5, 5.41) is 0. The van der Waals surface area contributed by atoms with E-state index in [2.05, 4.69) is 25.7 Å². The van der Waals surface area contributed by atoms with Crippen LogP contribution >= 0.6 is 0 Å².